The summed E-state index contributed by atoms with van der Waals surface area (Å²) in [5.41, 5.74) is 2.69. The number of carbonyl (C=O) groups excluding carboxylic acids is 1. The maximum Gasteiger partial charge on any atom is 0.232 e. The van der Waals surface area contributed by atoms with Crippen LogP contribution in [0.25, 0.3) is 0 Å². The number of sulfonamides is 1. The fraction of sp³-hybridized carbons (Fsp3) is 0.588. The van der Waals surface area contributed by atoms with Gasteiger partial charge in [-0.15, -0.1) is 0 Å². The first-order valence-electron chi connectivity index (χ1n) is 7.99. The monoisotopic (exact) mass is 340 g/mol. The van der Waals surface area contributed by atoms with E-state index in [2.05, 4.69) is 5.32 Å². The molecule has 0 aliphatic heterocycles. The number of carbonyl (C=O) groups is 1. The molecule has 0 heterocycles. The van der Waals surface area contributed by atoms with Crippen LogP contribution < -0.4 is 9.62 Å². The Morgan fingerprint density at radius 3 is 2.26 bits per heavy atom. The molecule has 0 spiro atoms. The van der Waals surface area contributed by atoms with Gasteiger partial charge in [-0.05, 0) is 56.9 Å². The summed E-state index contributed by atoms with van der Waals surface area (Å²) < 4.78 is 25.5. The zero-order valence-corrected chi connectivity index (χ0v) is 15.5. The van der Waals surface area contributed by atoms with Crippen LogP contribution in [0.5, 0.6) is 0 Å². The fourth-order valence-corrected chi connectivity index (χ4v) is 3.36. The first-order chi connectivity index (χ1) is 10.6. The summed E-state index contributed by atoms with van der Waals surface area (Å²) in [6, 6.07) is 5.86. The highest BCUT2D eigenvalue weighted by molar-refractivity contribution is 7.92. The average molecular weight is 340 g/mol. The van der Waals surface area contributed by atoms with E-state index >= 15 is 0 Å². The largest absolute Gasteiger partial charge is 0.354 e. The maximum atomic E-state index is 12.1. The topological polar surface area (TPSA) is 66.5 Å². The molecule has 0 saturated carbocycles. The summed E-state index contributed by atoms with van der Waals surface area (Å²) in [6.45, 7) is 8.15. The first kappa shape index (κ1) is 19.5. The van der Waals surface area contributed by atoms with Gasteiger partial charge in [0.15, 0.2) is 0 Å². The second-order valence-corrected chi connectivity index (χ2v) is 8.07. The Balaban J connectivity index is 2.76. The molecule has 0 radical (unpaired) electrons. The molecule has 1 amide bonds. The number of rotatable bonds is 8. The molecule has 5 nitrogen and oxygen atoms in total. The fourth-order valence-electron chi connectivity index (χ4n) is 2.41. The van der Waals surface area contributed by atoms with Crippen LogP contribution in [0.1, 0.15) is 44.2 Å². The summed E-state index contributed by atoms with van der Waals surface area (Å²) in [6.07, 6.45) is 2.89. The number of amides is 1. The van der Waals surface area contributed by atoms with E-state index in [1.54, 1.807) is 0 Å². The van der Waals surface area contributed by atoms with E-state index in [1.165, 1.54) is 10.6 Å². The van der Waals surface area contributed by atoms with Gasteiger partial charge in [0.05, 0.1) is 11.9 Å². The Labute approximate surface area is 140 Å². The molecule has 0 saturated heterocycles. The SMILES string of the molecule is CC[C@H](C)NC(=O)CCCN(c1cc(C)cc(C)c1)S(C)(=O)=O. The Bertz CT molecular complexity index is 621. The predicted octanol–water partition coefficient (Wildman–Crippen LogP) is 2.76. The molecule has 6 heteroatoms. The second-order valence-electron chi connectivity index (χ2n) is 6.16. The van der Waals surface area contributed by atoms with Gasteiger partial charge in [0.1, 0.15) is 0 Å². The molecule has 0 bridgehead atoms. The second kappa shape index (κ2) is 8.34. The van der Waals surface area contributed by atoms with Gasteiger partial charge in [-0.1, -0.05) is 13.0 Å². The molecular formula is C17H28N2O3S. The van der Waals surface area contributed by atoms with E-state index in [0.717, 1.165) is 17.5 Å². The van der Waals surface area contributed by atoms with E-state index in [-0.39, 0.29) is 11.9 Å². The van der Waals surface area contributed by atoms with E-state index in [4.69, 9.17) is 0 Å². The summed E-state index contributed by atoms with van der Waals surface area (Å²) in [5.74, 6) is -0.0341. The zero-order valence-electron chi connectivity index (χ0n) is 14.7. The standard InChI is InChI=1S/C17H28N2O3S/c1-6-15(4)18-17(20)8-7-9-19(23(5,21)22)16-11-13(2)10-14(3)12-16/h10-12,15H,6-9H2,1-5H3,(H,18,20)/t15-/m0/s1. The molecule has 0 fully saturated rings. The van der Waals surface area contributed by atoms with Crippen LogP contribution in [-0.4, -0.2) is 33.2 Å². The van der Waals surface area contributed by atoms with Crippen molar-refractivity contribution >= 4 is 21.6 Å². The van der Waals surface area contributed by atoms with Gasteiger partial charge in [-0.2, -0.15) is 0 Å². The van der Waals surface area contributed by atoms with Gasteiger partial charge in [-0.25, -0.2) is 8.42 Å². The van der Waals surface area contributed by atoms with Crippen LogP contribution in [0.4, 0.5) is 5.69 Å². The van der Waals surface area contributed by atoms with E-state index < -0.39 is 10.0 Å². The molecule has 1 aromatic rings. The van der Waals surface area contributed by atoms with Gasteiger partial charge in [0, 0.05) is 19.0 Å². The highest BCUT2D eigenvalue weighted by Crippen LogP contribution is 2.21. The van der Waals surface area contributed by atoms with Crippen LogP contribution in [-0.2, 0) is 14.8 Å². The molecule has 0 unspecified atom stereocenters. The third-order valence-electron chi connectivity index (χ3n) is 3.68. The normalized spacial score (nSPS) is 12.7. The number of aryl methyl sites for hydroxylation is 2. The molecular weight excluding hydrogens is 312 g/mol. The lowest BCUT2D eigenvalue weighted by Gasteiger charge is -2.23. The number of nitrogens with one attached hydrogen (secondary N) is 1. The number of benzene rings is 1. The Morgan fingerprint density at radius 1 is 1.22 bits per heavy atom. The van der Waals surface area contributed by atoms with Gasteiger partial charge in [0.2, 0.25) is 15.9 Å². The molecule has 1 aromatic carbocycles. The van der Waals surface area contributed by atoms with Gasteiger partial charge in [-0.3, -0.25) is 9.10 Å². The first-order valence-corrected chi connectivity index (χ1v) is 9.83. The van der Waals surface area contributed by atoms with Crippen molar-refractivity contribution < 1.29 is 13.2 Å². The lowest BCUT2D eigenvalue weighted by Crippen LogP contribution is -2.34. The Kier molecular flexibility index (Phi) is 7.06. The van der Waals surface area contributed by atoms with Crippen molar-refractivity contribution in [3.8, 4) is 0 Å². The lowest BCUT2D eigenvalue weighted by molar-refractivity contribution is -0.121. The van der Waals surface area contributed by atoms with Crippen molar-refractivity contribution in [2.45, 2.75) is 53.0 Å². The number of anilines is 1. The number of nitrogens with zero attached hydrogens (tertiary/aromatic N) is 1. The molecule has 1 rings (SSSR count). The van der Waals surface area contributed by atoms with Crippen molar-refractivity contribution in [2.24, 2.45) is 0 Å². The van der Waals surface area contributed by atoms with Crippen LogP contribution in [0, 0.1) is 13.8 Å². The minimum Gasteiger partial charge on any atom is -0.354 e. The summed E-state index contributed by atoms with van der Waals surface area (Å²) >= 11 is 0. The third kappa shape index (κ3) is 6.60. The van der Waals surface area contributed by atoms with Gasteiger partial charge < -0.3 is 5.32 Å². The summed E-state index contributed by atoms with van der Waals surface area (Å²) in [4.78, 5) is 11.8. The maximum absolute atomic E-state index is 12.1. The van der Waals surface area contributed by atoms with Crippen LogP contribution in [0.15, 0.2) is 18.2 Å². The van der Waals surface area contributed by atoms with E-state index in [0.29, 0.717) is 25.1 Å². The molecule has 0 aromatic heterocycles. The minimum absolute atomic E-state index is 0.0341. The van der Waals surface area contributed by atoms with Crippen LogP contribution >= 0.6 is 0 Å². The highest BCUT2D eigenvalue weighted by atomic mass is 32.2. The van der Waals surface area contributed by atoms with Crippen LogP contribution in [0.2, 0.25) is 0 Å². The van der Waals surface area contributed by atoms with Crippen molar-refractivity contribution in [2.75, 3.05) is 17.1 Å². The van der Waals surface area contributed by atoms with E-state index in [1.807, 2.05) is 45.9 Å². The Hall–Kier alpha value is -1.56. The predicted molar refractivity (Wildman–Crippen MR) is 95.2 cm³/mol. The smallest absolute Gasteiger partial charge is 0.232 e. The summed E-state index contributed by atoms with van der Waals surface area (Å²) in [7, 11) is -3.38. The lowest BCUT2D eigenvalue weighted by atomic mass is 10.1. The van der Waals surface area contributed by atoms with Gasteiger partial charge >= 0.3 is 0 Å². The molecule has 130 valence electrons. The van der Waals surface area contributed by atoms with Crippen molar-refractivity contribution in [1.29, 1.82) is 0 Å². The van der Waals surface area contributed by atoms with Gasteiger partial charge in [0.25, 0.3) is 0 Å². The van der Waals surface area contributed by atoms with Crippen LogP contribution in [0.3, 0.4) is 0 Å². The van der Waals surface area contributed by atoms with Crippen molar-refractivity contribution in [1.82, 2.24) is 5.32 Å². The molecule has 1 N–H and O–H groups in total. The average Bonchev–Trinajstić information content (AvgIpc) is 2.40. The van der Waals surface area contributed by atoms with E-state index in [9.17, 15) is 13.2 Å². The zero-order chi connectivity index (χ0) is 17.6. The van der Waals surface area contributed by atoms with Crippen molar-refractivity contribution in [3.63, 3.8) is 0 Å². The molecule has 0 aliphatic carbocycles. The van der Waals surface area contributed by atoms with Crippen molar-refractivity contribution in [3.05, 3.63) is 29.3 Å². The molecule has 1 atom stereocenters. The molecule has 23 heavy (non-hydrogen) atoms. The number of hydrogen-bond donors (Lipinski definition) is 1. The minimum atomic E-state index is -3.38. The Morgan fingerprint density at radius 2 is 1.78 bits per heavy atom. The number of hydrogen-bond acceptors (Lipinski definition) is 3. The quantitative estimate of drug-likeness (QED) is 0.791. The third-order valence-corrected chi connectivity index (χ3v) is 4.87. The summed E-state index contributed by atoms with van der Waals surface area (Å²) in [5, 5.41) is 2.89. The molecule has 0 aliphatic rings. The highest BCUT2D eigenvalue weighted by Gasteiger charge is 2.18.